The second kappa shape index (κ2) is 4.37. The van der Waals surface area contributed by atoms with Gasteiger partial charge in [-0.05, 0) is 19.3 Å². The van der Waals surface area contributed by atoms with E-state index in [0.717, 1.165) is 25.3 Å². The Morgan fingerprint density at radius 3 is 2.79 bits per heavy atom. The largest absolute Gasteiger partial charge is 0.396 e. The second-order valence-electron chi connectivity index (χ2n) is 3.63. The normalized spacial score (nSPS) is 22.1. The highest BCUT2D eigenvalue weighted by Crippen LogP contribution is 2.15. The van der Waals surface area contributed by atoms with Crippen molar-refractivity contribution in [3.8, 4) is 0 Å². The average Bonchev–Trinajstić information content (AvgIpc) is 2.23. The number of anilines is 1. The first-order chi connectivity index (χ1) is 6.84. The molecule has 1 saturated heterocycles. The third-order valence-electron chi connectivity index (χ3n) is 2.41. The smallest absolute Gasteiger partial charge is 0.130 e. The van der Waals surface area contributed by atoms with Gasteiger partial charge in [0.25, 0.3) is 0 Å². The number of nitrogens with two attached hydrogens (primary N) is 1. The van der Waals surface area contributed by atoms with Crippen molar-refractivity contribution in [1.82, 2.24) is 9.97 Å². The first-order valence-corrected chi connectivity index (χ1v) is 5.02. The van der Waals surface area contributed by atoms with Crippen LogP contribution in [0.1, 0.15) is 25.1 Å². The molecule has 14 heavy (non-hydrogen) atoms. The fourth-order valence-corrected chi connectivity index (χ4v) is 1.64. The summed E-state index contributed by atoms with van der Waals surface area (Å²) >= 11 is 0. The van der Waals surface area contributed by atoms with Gasteiger partial charge < -0.3 is 10.5 Å². The molecular weight excluding hydrogens is 178 g/mol. The lowest BCUT2D eigenvalue weighted by molar-refractivity contribution is 0.0156. The zero-order chi connectivity index (χ0) is 9.80. The first-order valence-electron chi connectivity index (χ1n) is 5.02. The van der Waals surface area contributed by atoms with Gasteiger partial charge in [-0.2, -0.15) is 0 Å². The summed E-state index contributed by atoms with van der Waals surface area (Å²) in [6, 6.07) is 0. The molecule has 4 heteroatoms. The Morgan fingerprint density at radius 1 is 1.36 bits per heavy atom. The summed E-state index contributed by atoms with van der Waals surface area (Å²) in [7, 11) is 0. The fraction of sp³-hybridized carbons (Fsp3) is 0.600. The van der Waals surface area contributed by atoms with E-state index >= 15 is 0 Å². The zero-order valence-electron chi connectivity index (χ0n) is 8.15. The molecular formula is C10H15N3O. The molecule has 1 unspecified atom stereocenters. The van der Waals surface area contributed by atoms with Crippen LogP contribution in [0.2, 0.25) is 0 Å². The summed E-state index contributed by atoms with van der Waals surface area (Å²) in [6.07, 6.45) is 7.94. The van der Waals surface area contributed by atoms with Gasteiger partial charge in [-0.1, -0.05) is 0 Å². The van der Waals surface area contributed by atoms with Crippen molar-refractivity contribution in [3.05, 3.63) is 18.2 Å². The minimum Gasteiger partial charge on any atom is -0.396 e. The Balaban J connectivity index is 1.92. The predicted molar refractivity (Wildman–Crippen MR) is 53.7 cm³/mol. The average molecular weight is 193 g/mol. The molecule has 1 aliphatic heterocycles. The highest BCUT2D eigenvalue weighted by Gasteiger charge is 2.15. The van der Waals surface area contributed by atoms with Crippen molar-refractivity contribution >= 4 is 5.69 Å². The third-order valence-corrected chi connectivity index (χ3v) is 2.41. The van der Waals surface area contributed by atoms with E-state index in [2.05, 4.69) is 9.97 Å². The molecule has 1 aromatic heterocycles. The summed E-state index contributed by atoms with van der Waals surface area (Å²) in [4.78, 5) is 8.31. The van der Waals surface area contributed by atoms with E-state index in [9.17, 15) is 0 Å². The quantitative estimate of drug-likeness (QED) is 0.766. The third kappa shape index (κ3) is 2.42. The molecule has 0 amide bonds. The molecule has 1 aromatic rings. The van der Waals surface area contributed by atoms with Crippen LogP contribution in [0, 0.1) is 0 Å². The monoisotopic (exact) mass is 193 g/mol. The predicted octanol–water partition coefficient (Wildman–Crippen LogP) is 1.17. The highest BCUT2D eigenvalue weighted by atomic mass is 16.5. The van der Waals surface area contributed by atoms with Crippen LogP contribution in [0.3, 0.4) is 0 Å². The molecule has 76 valence electrons. The fourth-order valence-electron chi connectivity index (χ4n) is 1.64. The van der Waals surface area contributed by atoms with E-state index < -0.39 is 0 Å². The molecule has 0 bridgehead atoms. The lowest BCUT2D eigenvalue weighted by Crippen LogP contribution is -2.22. The minimum atomic E-state index is 0.298. The van der Waals surface area contributed by atoms with Crippen molar-refractivity contribution < 1.29 is 4.74 Å². The molecule has 1 fully saturated rings. The molecule has 0 saturated carbocycles. The number of rotatable bonds is 2. The summed E-state index contributed by atoms with van der Waals surface area (Å²) in [5, 5.41) is 0. The van der Waals surface area contributed by atoms with E-state index in [1.165, 1.54) is 12.8 Å². The van der Waals surface area contributed by atoms with Crippen molar-refractivity contribution in [2.75, 3.05) is 12.3 Å². The second-order valence-corrected chi connectivity index (χ2v) is 3.63. The highest BCUT2D eigenvalue weighted by molar-refractivity contribution is 5.30. The van der Waals surface area contributed by atoms with Crippen molar-refractivity contribution in [3.63, 3.8) is 0 Å². The van der Waals surface area contributed by atoms with Crippen LogP contribution in [-0.2, 0) is 11.2 Å². The summed E-state index contributed by atoms with van der Waals surface area (Å²) in [6.45, 7) is 0.875. The van der Waals surface area contributed by atoms with Gasteiger partial charge in [0, 0.05) is 13.0 Å². The molecule has 1 atom stereocenters. The van der Waals surface area contributed by atoms with Gasteiger partial charge in [0.15, 0.2) is 0 Å². The summed E-state index contributed by atoms with van der Waals surface area (Å²) in [5.74, 6) is 0.825. The van der Waals surface area contributed by atoms with Crippen molar-refractivity contribution in [2.24, 2.45) is 0 Å². The molecule has 2 heterocycles. The number of hydrogen-bond acceptors (Lipinski definition) is 4. The van der Waals surface area contributed by atoms with Crippen LogP contribution < -0.4 is 5.73 Å². The van der Waals surface area contributed by atoms with Crippen molar-refractivity contribution in [1.29, 1.82) is 0 Å². The number of hydrogen-bond donors (Lipinski definition) is 1. The zero-order valence-corrected chi connectivity index (χ0v) is 8.15. The SMILES string of the molecule is Nc1cnc(CC2CCCCO2)nc1. The van der Waals surface area contributed by atoms with Gasteiger partial charge in [-0.15, -0.1) is 0 Å². The molecule has 0 aromatic carbocycles. The molecule has 2 rings (SSSR count). The van der Waals surface area contributed by atoms with E-state index in [1.807, 2.05) is 0 Å². The van der Waals surface area contributed by atoms with Gasteiger partial charge in [-0.3, -0.25) is 0 Å². The van der Waals surface area contributed by atoms with Gasteiger partial charge in [0.2, 0.25) is 0 Å². The van der Waals surface area contributed by atoms with Crippen LogP contribution in [0.4, 0.5) is 5.69 Å². The standard InChI is InChI=1S/C10H15N3O/c11-8-6-12-10(13-7-8)5-9-3-1-2-4-14-9/h6-7,9H,1-5,11H2. The minimum absolute atomic E-state index is 0.298. The first kappa shape index (κ1) is 9.40. The number of aromatic nitrogens is 2. The van der Waals surface area contributed by atoms with Gasteiger partial charge in [0.05, 0.1) is 24.2 Å². The lowest BCUT2D eigenvalue weighted by Gasteiger charge is -2.21. The Bertz CT molecular complexity index is 280. The lowest BCUT2D eigenvalue weighted by atomic mass is 10.1. The molecule has 0 spiro atoms. The number of nitrogens with zero attached hydrogens (tertiary/aromatic N) is 2. The molecule has 4 nitrogen and oxygen atoms in total. The number of ether oxygens (including phenoxy) is 1. The van der Waals surface area contributed by atoms with Crippen molar-refractivity contribution in [2.45, 2.75) is 31.8 Å². The van der Waals surface area contributed by atoms with Gasteiger partial charge in [0.1, 0.15) is 5.82 Å². The van der Waals surface area contributed by atoms with Crippen LogP contribution in [0.5, 0.6) is 0 Å². The van der Waals surface area contributed by atoms with Gasteiger partial charge >= 0.3 is 0 Å². The van der Waals surface area contributed by atoms with Crippen LogP contribution in [0.15, 0.2) is 12.4 Å². The molecule has 0 radical (unpaired) electrons. The maximum Gasteiger partial charge on any atom is 0.130 e. The number of nitrogen functional groups attached to an aromatic ring is 1. The Labute approximate surface area is 83.5 Å². The topological polar surface area (TPSA) is 61.0 Å². The Kier molecular flexibility index (Phi) is 2.93. The maximum atomic E-state index is 5.60. The summed E-state index contributed by atoms with van der Waals surface area (Å²) < 4.78 is 5.60. The molecule has 1 aliphatic rings. The molecule has 2 N–H and O–H groups in total. The van der Waals surface area contributed by atoms with Gasteiger partial charge in [-0.25, -0.2) is 9.97 Å². The van der Waals surface area contributed by atoms with E-state index in [1.54, 1.807) is 12.4 Å². The maximum absolute atomic E-state index is 5.60. The Morgan fingerprint density at radius 2 is 2.14 bits per heavy atom. The Hall–Kier alpha value is -1.16. The van der Waals surface area contributed by atoms with E-state index in [-0.39, 0.29) is 0 Å². The van der Waals surface area contributed by atoms with E-state index in [0.29, 0.717) is 11.8 Å². The van der Waals surface area contributed by atoms with Crippen LogP contribution in [-0.4, -0.2) is 22.7 Å². The van der Waals surface area contributed by atoms with Crippen LogP contribution in [0.25, 0.3) is 0 Å². The van der Waals surface area contributed by atoms with E-state index in [4.69, 9.17) is 10.5 Å². The molecule has 0 aliphatic carbocycles. The summed E-state index contributed by atoms with van der Waals surface area (Å²) in [5.41, 5.74) is 6.11. The van der Waals surface area contributed by atoms with Crippen LogP contribution >= 0.6 is 0 Å².